The van der Waals surface area contributed by atoms with Crippen LogP contribution in [-0.2, 0) is 5.41 Å². The lowest BCUT2D eigenvalue weighted by Gasteiger charge is -2.62. The minimum atomic E-state index is -0.162. The van der Waals surface area contributed by atoms with Gasteiger partial charge in [0.05, 0.1) is 11.1 Å². The average Bonchev–Trinajstić information content (AvgIpc) is 2.86. The van der Waals surface area contributed by atoms with Crippen molar-refractivity contribution in [2.24, 2.45) is 17.8 Å². The molecular formula is C34H24. The number of benzene rings is 2. The van der Waals surface area contributed by atoms with Gasteiger partial charge in [0, 0.05) is 27.7 Å². The van der Waals surface area contributed by atoms with Crippen molar-refractivity contribution in [3.05, 3.63) is 68.8 Å². The van der Waals surface area contributed by atoms with Gasteiger partial charge >= 0.3 is 0 Å². The molecule has 0 radical (unpaired) electrons. The number of terminal acetylenes is 6. The summed E-state index contributed by atoms with van der Waals surface area (Å²) in [7, 11) is 0. The molecule has 34 heavy (non-hydrogen) atoms. The van der Waals surface area contributed by atoms with Gasteiger partial charge in [0.2, 0.25) is 0 Å². The molecule has 3 unspecified atom stereocenters. The Labute approximate surface area is 203 Å². The fourth-order valence-corrected chi connectivity index (χ4v) is 7.72. The van der Waals surface area contributed by atoms with Crippen LogP contribution >= 0.6 is 0 Å². The molecule has 6 rings (SSSR count). The van der Waals surface area contributed by atoms with Crippen molar-refractivity contribution in [3.63, 3.8) is 0 Å². The van der Waals surface area contributed by atoms with E-state index >= 15 is 0 Å². The van der Waals surface area contributed by atoms with Gasteiger partial charge in [0.1, 0.15) is 0 Å². The molecule has 0 nitrogen and oxygen atoms in total. The largest absolute Gasteiger partial charge is 0.115 e. The monoisotopic (exact) mass is 432 g/mol. The average molecular weight is 433 g/mol. The SMILES string of the molecule is C#Cc1ccc(C2C3CC4CC(C3)CC2(c2ccc(C#C)c(C#C)c2C#C)C4)c(C#C)c1C#C. The molecule has 0 aliphatic heterocycles. The zero-order valence-corrected chi connectivity index (χ0v) is 19.1. The van der Waals surface area contributed by atoms with E-state index in [1.165, 1.54) is 19.3 Å². The van der Waals surface area contributed by atoms with Crippen LogP contribution in [0.2, 0.25) is 0 Å². The molecule has 4 aliphatic rings. The Hall–Kier alpha value is -4.20. The molecule has 4 bridgehead atoms. The minimum absolute atomic E-state index is 0.162. The molecule has 4 fully saturated rings. The van der Waals surface area contributed by atoms with Crippen molar-refractivity contribution in [2.75, 3.05) is 0 Å². The summed E-state index contributed by atoms with van der Waals surface area (Å²) in [5.41, 5.74) is 6.19. The fourth-order valence-electron chi connectivity index (χ4n) is 7.72. The first-order chi connectivity index (χ1) is 16.5. The van der Waals surface area contributed by atoms with Crippen LogP contribution in [0.25, 0.3) is 0 Å². The molecule has 4 aliphatic carbocycles. The predicted molar refractivity (Wildman–Crippen MR) is 138 cm³/mol. The standard InChI is InChI=1S/C34H24/c1-7-24-13-15-31(29(11-5)27(24)9-3)33-26-18-22-17-23(19-26)21-34(33,20-22)32-16-14-25(8-2)28(10-4)30(32)12-6/h1-6,13-16,22-23,26,33H,17-21H2. The highest BCUT2D eigenvalue weighted by molar-refractivity contribution is 5.66. The third-order valence-corrected chi connectivity index (χ3v) is 8.51. The van der Waals surface area contributed by atoms with Crippen LogP contribution in [0.15, 0.2) is 24.3 Å². The van der Waals surface area contributed by atoms with Crippen LogP contribution in [0.4, 0.5) is 0 Å². The van der Waals surface area contributed by atoms with Crippen LogP contribution in [-0.4, -0.2) is 0 Å². The van der Waals surface area contributed by atoms with E-state index in [1.54, 1.807) is 0 Å². The van der Waals surface area contributed by atoms with Gasteiger partial charge in [0.25, 0.3) is 0 Å². The normalized spacial score (nSPS) is 27.9. The second kappa shape index (κ2) is 7.98. The van der Waals surface area contributed by atoms with E-state index in [0.717, 1.165) is 35.1 Å². The first kappa shape index (κ1) is 21.6. The van der Waals surface area contributed by atoms with Gasteiger partial charge in [-0.3, -0.25) is 0 Å². The molecule has 0 aromatic heterocycles. The van der Waals surface area contributed by atoms with Crippen molar-refractivity contribution in [1.29, 1.82) is 0 Å². The summed E-state index contributed by atoms with van der Waals surface area (Å²) < 4.78 is 0. The first-order valence-electron chi connectivity index (χ1n) is 11.7. The Kier molecular flexibility index (Phi) is 5.08. The van der Waals surface area contributed by atoms with E-state index in [-0.39, 0.29) is 11.3 Å². The van der Waals surface area contributed by atoms with Crippen molar-refractivity contribution >= 4 is 0 Å². The highest BCUT2D eigenvalue weighted by Crippen LogP contribution is 2.67. The van der Waals surface area contributed by atoms with E-state index in [2.05, 4.69) is 47.7 Å². The van der Waals surface area contributed by atoms with E-state index in [0.29, 0.717) is 40.0 Å². The maximum Gasteiger partial charge on any atom is 0.0558 e. The molecule has 0 amide bonds. The van der Waals surface area contributed by atoms with E-state index in [4.69, 9.17) is 38.5 Å². The lowest BCUT2D eigenvalue weighted by Crippen LogP contribution is -2.54. The molecule has 0 saturated heterocycles. The highest BCUT2D eigenvalue weighted by atomic mass is 14.6. The van der Waals surface area contributed by atoms with Crippen LogP contribution in [0, 0.1) is 91.8 Å². The van der Waals surface area contributed by atoms with Crippen molar-refractivity contribution in [2.45, 2.75) is 43.4 Å². The molecule has 0 N–H and O–H groups in total. The lowest BCUT2D eigenvalue weighted by atomic mass is 9.42. The van der Waals surface area contributed by atoms with Gasteiger partial charge in [-0.15, -0.1) is 38.5 Å². The maximum atomic E-state index is 6.10. The molecule has 0 heterocycles. The molecule has 4 saturated carbocycles. The molecule has 0 spiro atoms. The summed E-state index contributed by atoms with van der Waals surface area (Å²) in [6, 6.07) is 8.13. The Balaban J connectivity index is 1.82. The summed E-state index contributed by atoms with van der Waals surface area (Å²) in [5.74, 6) is 18.8. The summed E-state index contributed by atoms with van der Waals surface area (Å²) in [6.45, 7) is 0. The Morgan fingerprint density at radius 1 is 0.588 bits per heavy atom. The zero-order valence-electron chi connectivity index (χ0n) is 19.1. The second-order valence-electron chi connectivity index (χ2n) is 9.97. The zero-order chi connectivity index (χ0) is 24.0. The third kappa shape index (κ3) is 2.84. The Bertz CT molecular complexity index is 1450. The van der Waals surface area contributed by atoms with Crippen molar-refractivity contribution < 1.29 is 0 Å². The van der Waals surface area contributed by atoms with Crippen LogP contribution in [0.1, 0.15) is 82.5 Å². The topological polar surface area (TPSA) is 0 Å². The number of hydrogen-bond donors (Lipinski definition) is 0. The molecule has 160 valence electrons. The smallest absolute Gasteiger partial charge is 0.0558 e. The lowest BCUT2D eigenvalue weighted by molar-refractivity contribution is -0.0282. The fraction of sp³-hybridized carbons (Fsp3) is 0.294. The Morgan fingerprint density at radius 2 is 1.12 bits per heavy atom. The van der Waals surface area contributed by atoms with Gasteiger partial charge < -0.3 is 0 Å². The van der Waals surface area contributed by atoms with Gasteiger partial charge in [-0.2, -0.15) is 0 Å². The first-order valence-corrected chi connectivity index (χ1v) is 11.7. The van der Waals surface area contributed by atoms with Gasteiger partial charge in [-0.1, -0.05) is 47.7 Å². The van der Waals surface area contributed by atoms with Crippen molar-refractivity contribution in [3.8, 4) is 74.1 Å². The molecule has 0 heteroatoms. The van der Waals surface area contributed by atoms with Gasteiger partial charge in [-0.05, 0) is 79.0 Å². The van der Waals surface area contributed by atoms with Crippen LogP contribution in [0.3, 0.4) is 0 Å². The molecule has 2 aromatic carbocycles. The summed E-state index contributed by atoms with van der Waals surface area (Å²) in [5, 5.41) is 0. The van der Waals surface area contributed by atoms with E-state index in [1.807, 2.05) is 12.1 Å². The number of hydrogen-bond acceptors (Lipinski definition) is 0. The predicted octanol–water partition coefficient (Wildman–Crippen LogP) is 5.44. The van der Waals surface area contributed by atoms with Crippen LogP contribution in [0.5, 0.6) is 0 Å². The van der Waals surface area contributed by atoms with Crippen molar-refractivity contribution in [1.82, 2.24) is 0 Å². The summed E-state index contributed by atoms with van der Waals surface area (Å²) in [4.78, 5) is 0. The minimum Gasteiger partial charge on any atom is -0.115 e. The quantitative estimate of drug-likeness (QED) is 0.555. The van der Waals surface area contributed by atoms with Gasteiger partial charge in [0.15, 0.2) is 0 Å². The van der Waals surface area contributed by atoms with E-state index in [9.17, 15) is 0 Å². The number of rotatable bonds is 2. The summed E-state index contributed by atoms with van der Waals surface area (Å²) in [6.07, 6.45) is 41.3. The highest BCUT2D eigenvalue weighted by Gasteiger charge is 2.59. The summed E-state index contributed by atoms with van der Waals surface area (Å²) >= 11 is 0. The molecular weight excluding hydrogens is 408 g/mol. The second-order valence-corrected chi connectivity index (χ2v) is 9.97. The molecule has 2 aromatic rings. The third-order valence-electron chi connectivity index (χ3n) is 8.51. The Morgan fingerprint density at radius 3 is 1.65 bits per heavy atom. The van der Waals surface area contributed by atoms with Crippen LogP contribution < -0.4 is 0 Å². The molecule has 3 atom stereocenters. The van der Waals surface area contributed by atoms with E-state index < -0.39 is 0 Å². The van der Waals surface area contributed by atoms with Gasteiger partial charge in [-0.25, -0.2) is 0 Å². The maximum absolute atomic E-state index is 6.10.